The van der Waals surface area contributed by atoms with E-state index in [9.17, 15) is 4.79 Å². The van der Waals surface area contributed by atoms with Crippen molar-refractivity contribution < 1.29 is 28.5 Å². The van der Waals surface area contributed by atoms with Crippen LogP contribution in [0.5, 0.6) is 28.7 Å². The molecule has 0 saturated carbocycles. The van der Waals surface area contributed by atoms with E-state index in [0.29, 0.717) is 68.7 Å². The lowest BCUT2D eigenvalue weighted by Gasteiger charge is -2.20. The van der Waals surface area contributed by atoms with Crippen LogP contribution in [0.2, 0.25) is 0 Å². The molecule has 46 heavy (non-hydrogen) atoms. The lowest BCUT2D eigenvalue weighted by Crippen LogP contribution is -2.12. The molecule has 0 aromatic heterocycles. The van der Waals surface area contributed by atoms with Crippen LogP contribution in [0, 0.1) is 0 Å². The number of hydrogen-bond donors (Lipinski definition) is 0. The molecule has 0 heterocycles. The number of carbonyl (C=O) groups excluding carboxylic acids is 1. The van der Waals surface area contributed by atoms with Gasteiger partial charge in [-0.3, -0.25) is 4.79 Å². The predicted molar refractivity (Wildman–Crippen MR) is 191 cm³/mol. The molecular weight excluding hydrogens is 576 g/mol. The maximum Gasteiger partial charge on any atom is 0.175 e. The zero-order valence-corrected chi connectivity index (χ0v) is 29.9. The standard InChI is InChI=1S/C40H64O6/c1-6-11-16-27-42-34-22-24-36(43-28-17-12-7-2)33(32-34)21-23-35(41)39-37(44-29-18-13-8-3)25-26-38(45-30-19-14-9-4)40(39)46-31-20-15-10-5/h22,24-26,32H,6-21,23,27-31H2,1-5H3. The fourth-order valence-corrected chi connectivity index (χ4v) is 5.21. The van der Waals surface area contributed by atoms with Crippen molar-refractivity contribution in [1.29, 1.82) is 0 Å². The van der Waals surface area contributed by atoms with E-state index >= 15 is 0 Å². The van der Waals surface area contributed by atoms with Gasteiger partial charge in [-0.1, -0.05) is 98.8 Å². The maximum absolute atomic E-state index is 14.2. The van der Waals surface area contributed by atoms with Gasteiger partial charge in [0.25, 0.3) is 0 Å². The van der Waals surface area contributed by atoms with Gasteiger partial charge in [-0.15, -0.1) is 0 Å². The molecule has 0 amide bonds. The van der Waals surface area contributed by atoms with Crippen LogP contribution in [0.3, 0.4) is 0 Å². The zero-order valence-electron chi connectivity index (χ0n) is 29.9. The second kappa shape index (κ2) is 25.2. The molecule has 0 aliphatic rings. The Bertz CT molecular complexity index is 1080. The molecule has 6 nitrogen and oxygen atoms in total. The van der Waals surface area contributed by atoms with Crippen molar-refractivity contribution in [3.05, 3.63) is 41.5 Å². The number of hydrogen-bond acceptors (Lipinski definition) is 6. The van der Waals surface area contributed by atoms with Crippen molar-refractivity contribution in [2.24, 2.45) is 0 Å². The Hall–Kier alpha value is -2.89. The predicted octanol–water partition coefficient (Wildman–Crippen LogP) is 11.3. The van der Waals surface area contributed by atoms with Crippen molar-refractivity contribution in [3.8, 4) is 28.7 Å². The first-order chi connectivity index (χ1) is 22.6. The van der Waals surface area contributed by atoms with Gasteiger partial charge in [-0.2, -0.15) is 0 Å². The molecule has 0 radical (unpaired) electrons. The number of unbranched alkanes of at least 4 members (excludes halogenated alkanes) is 10. The summed E-state index contributed by atoms with van der Waals surface area (Å²) in [7, 11) is 0. The Morgan fingerprint density at radius 2 is 0.935 bits per heavy atom. The van der Waals surface area contributed by atoms with Crippen LogP contribution in [0.1, 0.15) is 153 Å². The Balaban J connectivity index is 2.38. The molecule has 0 unspecified atom stereocenters. The van der Waals surface area contributed by atoms with E-state index in [1.165, 1.54) is 0 Å². The smallest absolute Gasteiger partial charge is 0.175 e. The number of ether oxygens (including phenoxy) is 5. The molecule has 2 aromatic carbocycles. The zero-order chi connectivity index (χ0) is 33.2. The number of rotatable bonds is 29. The van der Waals surface area contributed by atoms with E-state index in [1.807, 2.05) is 30.3 Å². The molecule has 0 atom stereocenters. The average Bonchev–Trinajstić information content (AvgIpc) is 3.07. The Morgan fingerprint density at radius 3 is 1.48 bits per heavy atom. The SMILES string of the molecule is CCCCCOc1ccc(OCCCCC)c(CCC(=O)c2c(OCCCCC)ccc(OCCCCC)c2OCCCCC)c1. The van der Waals surface area contributed by atoms with Gasteiger partial charge in [0, 0.05) is 6.42 Å². The van der Waals surface area contributed by atoms with Crippen molar-refractivity contribution in [2.45, 2.75) is 144 Å². The topological polar surface area (TPSA) is 63.2 Å². The highest BCUT2D eigenvalue weighted by molar-refractivity contribution is 6.02. The summed E-state index contributed by atoms with van der Waals surface area (Å²) >= 11 is 0. The van der Waals surface area contributed by atoms with Crippen molar-refractivity contribution >= 4 is 5.78 Å². The fourth-order valence-electron chi connectivity index (χ4n) is 5.21. The number of aryl methyl sites for hydroxylation is 1. The first-order valence-corrected chi connectivity index (χ1v) is 18.6. The average molecular weight is 641 g/mol. The Labute approximate surface area is 280 Å². The van der Waals surface area contributed by atoms with Crippen LogP contribution in [0.15, 0.2) is 30.3 Å². The van der Waals surface area contributed by atoms with E-state index in [4.69, 9.17) is 23.7 Å². The molecule has 260 valence electrons. The summed E-state index contributed by atoms with van der Waals surface area (Å²) < 4.78 is 31.2. The lowest BCUT2D eigenvalue weighted by atomic mass is 9.99. The molecule has 0 aliphatic heterocycles. The molecular formula is C40H64O6. The van der Waals surface area contributed by atoms with Gasteiger partial charge in [0.15, 0.2) is 17.3 Å². The van der Waals surface area contributed by atoms with Crippen molar-refractivity contribution in [3.63, 3.8) is 0 Å². The van der Waals surface area contributed by atoms with E-state index in [1.54, 1.807) is 0 Å². The largest absolute Gasteiger partial charge is 0.494 e. The van der Waals surface area contributed by atoms with Crippen LogP contribution in [-0.2, 0) is 6.42 Å². The van der Waals surface area contributed by atoms with Gasteiger partial charge in [0.05, 0.1) is 33.0 Å². The fraction of sp³-hybridized carbons (Fsp3) is 0.675. The normalized spacial score (nSPS) is 11.0. The van der Waals surface area contributed by atoms with Crippen molar-refractivity contribution in [2.75, 3.05) is 33.0 Å². The minimum Gasteiger partial charge on any atom is -0.494 e. The maximum atomic E-state index is 14.2. The van der Waals surface area contributed by atoms with Gasteiger partial charge in [0.1, 0.15) is 22.8 Å². The lowest BCUT2D eigenvalue weighted by molar-refractivity contribution is 0.0972. The quantitative estimate of drug-likeness (QED) is 0.0651. The monoisotopic (exact) mass is 640 g/mol. The van der Waals surface area contributed by atoms with Gasteiger partial charge in [-0.05, 0) is 74.4 Å². The molecule has 6 heteroatoms. The molecule has 0 aliphatic carbocycles. The summed E-state index contributed by atoms with van der Waals surface area (Å²) in [6, 6.07) is 9.83. The van der Waals surface area contributed by atoms with Crippen LogP contribution in [0.4, 0.5) is 0 Å². The highest BCUT2D eigenvalue weighted by Gasteiger charge is 2.24. The molecule has 0 spiro atoms. The summed E-state index contributed by atoms with van der Waals surface area (Å²) in [5.41, 5.74) is 1.49. The van der Waals surface area contributed by atoms with E-state index < -0.39 is 0 Å². The van der Waals surface area contributed by atoms with Gasteiger partial charge < -0.3 is 23.7 Å². The van der Waals surface area contributed by atoms with Gasteiger partial charge >= 0.3 is 0 Å². The van der Waals surface area contributed by atoms with Crippen LogP contribution in [-0.4, -0.2) is 38.8 Å². The number of carbonyl (C=O) groups is 1. The number of ketones is 1. The molecule has 0 saturated heterocycles. The highest BCUT2D eigenvalue weighted by atomic mass is 16.5. The first-order valence-electron chi connectivity index (χ1n) is 18.6. The van der Waals surface area contributed by atoms with E-state index in [2.05, 4.69) is 34.6 Å². The summed E-state index contributed by atoms with van der Waals surface area (Å²) in [5.74, 6) is 3.36. The molecule has 2 aromatic rings. The minimum atomic E-state index is -0.0128. The van der Waals surface area contributed by atoms with Crippen LogP contribution < -0.4 is 23.7 Å². The van der Waals surface area contributed by atoms with Gasteiger partial charge in [-0.25, -0.2) is 0 Å². The van der Waals surface area contributed by atoms with E-state index in [-0.39, 0.29) is 5.78 Å². The van der Waals surface area contributed by atoms with E-state index in [0.717, 1.165) is 113 Å². The third-order valence-corrected chi connectivity index (χ3v) is 8.04. The molecule has 0 bridgehead atoms. The number of Topliss-reactive ketones (excluding diaryl/α,β-unsaturated/α-hetero) is 1. The Kier molecular flexibility index (Phi) is 21.5. The summed E-state index contributed by atoms with van der Waals surface area (Å²) in [6.45, 7) is 13.9. The summed E-state index contributed by atoms with van der Waals surface area (Å²) in [4.78, 5) is 14.2. The third-order valence-electron chi connectivity index (χ3n) is 8.04. The van der Waals surface area contributed by atoms with Crippen LogP contribution >= 0.6 is 0 Å². The summed E-state index contributed by atoms with van der Waals surface area (Å²) in [6.07, 6.45) is 16.8. The third kappa shape index (κ3) is 15.1. The Morgan fingerprint density at radius 1 is 0.500 bits per heavy atom. The molecule has 0 fully saturated rings. The summed E-state index contributed by atoms with van der Waals surface area (Å²) in [5, 5.41) is 0. The number of benzene rings is 2. The second-order valence-electron chi connectivity index (χ2n) is 12.2. The van der Waals surface area contributed by atoms with Crippen molar-refractivity contribution in [1.82, 2.24) is 0 Å². The van der Waals surface area contributed by atoms with Gasteiger partial charge in [0.2, 0.25) is 0 Å². The van der Waals surface area contributed by atoms with Crippen LogP contribution in [0.25, 0.3) is 0 Å². The minimum absolute atomic E-state index is 0.0128. The second-order valence-corrected chi connectivity index (χ2v) is 12.2. The first kappa shape index (κ1) is 39.3. The molecule has 2 rings (SSSR count). The molecule has 0 N–H and O–H groups in total. The highest BCUT2D eigenvalue weighted by Crippen LogP contribution is 2.40.